The highest BCUT2D eigenvalue weighted by Crippen LogP contribution is 2.47. The molecule has 8 heteroatoms. The molecule has 0 fully saturated rings. The zero-order valence-corrected chi connectivity index (χ0v) is 23.3. The molecule has 3 aromatic carbocycles. The van der Waals surface area contributed by atoms with E-state index in [1.165, 1.54) is 4.90 Å². The lowest BCUT2D eigenvalue weighted by Crippen LogP contribution is -2.27. The van der Waals surface area contributed by atoms with Crippen molar-refractivity contribution in [2.75, 3.05) is 34.5 Å². The summed E-state index contributed by atoms with van der Waals surface area (Å²) in [6, 6.07) is 26.6. The van der Waals surface area contributed by atoms with E-state index in [9.17, 15) is 9.36 Å². The first-order valence-corrected chi connectivity index (χ1v) is 14.8. The lowest BCUT2D eigenvalue weighted by atomic mass is 10.2. The number of hydrogen-bond acceptors (Lipinski definition) is 5. The first-order chi connectivity index (χ1) is 18.2. The molecule has 0 unspecified atom stereocenters. The maximum atomic E-state index is 13.9. The Labute approximate surface area is 223 Å². The Hall–Kier alpha value is -3.96. The van der Waals surface area contributed by atoms with E-state index in [4.69, 9.17) is 14.2 Å². The third-order valence-electron chi connectivity index (χ3n) is 5.96. The molecule has 1 amide bonds. The molecular formula is C30H33N2O5P. The van der Waals surface area contributed by atoms with Gasteiger partial charge in [0.25, 0.3) is 5.91 Å². The van der Waals surface area contributed by atoms with E-state index in [0.29, 0.717) is 22.6 Å². The van der Waals surface area contributed by atoms with Crippen LogP contribution in [-0.4, -0.2) is 49.9 Å². The molecule has 0 aliphatic heterocycles. The number of ether oxygens (including phenoxy) is 3. The number of methoxy groups -OCH3 is 1. The van der Waals surface area contributed by atoms with Gasteiger partial charge in [-0.2, -0.15) is 0 Å². The smallest absolute Gasteiger partial charge is 0.274 e. The first kappa shape index (κ1) is 27.1. The normalized spacial score (nSPS) is 11.2. The number of nitrogens with zero attached hydrogens (tertiary/aromatic N) is 2. The highest BCUT2D eigenvalue weighted by molar-refractivity contribution is 7.70. The quantitative estimate of drug-likeness (QED) is 0.249. The number of hydrogen-bond donors (Lipinski definition) is 0. The SMILES string of the molecule is COc1ccc(-n2c(C(=O)N(C)C)c(OCc3ccccc3)c(OCc3ccccc3)c2P(C)(C)=O)cc1. The van der Waals surface area contributed by atoms with E-state index in [0.717, 1.165) is 11.1 Å². The summed E-state index contributed by atoms with van der Waals surface area (Å²) in [5.41, 5.74) is 3.17. The maximum absolute atomic E-state index is 13.9. The van der Waals surface area contributed by atoms with Crippen molar-refractivity contribution in [2.24, 2.45) is 0 Å². The summed E-state index contributed by atoms with van der Waals surface area (Å²) in [6.07, 6.45) is 0. The summed E-state index contributed by atoms with van der Waals surface area (Å²) in [4.78, 5) is 15.2. The largest absolute Gasteiger partial charge is 0.497 e. The van der Waals surface area contributed by atoms with Gasteiger partial charge in [-0.15, -0.1) is 0 Å². The minimum Gasteiger partial charge on any atom is -0.497 e. The van der Waals surface area contributed by atoms with E-state index in [1.54, 1.807) is 51.2 Å². The predicted octanol–water partition coefficient (Wildman–Crippen LogP) is 5.59. The zero-order valence-electron chi connectivity index (χ0n) is 22.4. The summed E-state index contributed by atoms with van der Waals surface area (Å²) < 4.78 is 33.7. The van der Waals surface area contributed by atoms with Gasteiger partial charge >= 0.3 is 0 Å². The van der Waals surface area contributed by atoms with E-state index >= 15 is 0 Å². The maximum Gasteiger partial charge on any atom is 0.274 e. The molecule has 198 valence electrons. The number of benzene rings is 3. The van der Waals surface area contributed by atoms with Gasteiger partial charge in [0.2, 0.25) is 0 Å². The second-order valence-corrected chi connectivity index (χ2v) is 12.6. The van der Waals surface area contributed by atoms with Crippen molar-refractivity contribution in [3.05, 3.63) is 102 Å². The minimum atomic E-state index is -3.01. The van der Waals surface area contributed by atoms with Crippen LogP contribution < -0.4 is 19.6 Å². The molecule has 7 nitrogen and oxygen atoms in total. The third-order valence-corrected chi connectivity index (χ3v) is 7.38. The monoisotopic (exact) mass is 532 g/mol. The van der Waals surface area contributed by atoms with Crippen LogP contribution in [0.3, 0.4) is 0 Å². The van der Waals surface area contributed by atoms with Crippen LogP contribution in [0.25, 0.3) is 5.69 Å². The molecule has 0 spiro atoms. The summed E-state index contributed by atoms with van der Waals surface area (Å²) in [7, 11) is 1.93. The van der Waals surface area contributed by atoms with E-state index in [2.05, 4.69) is 0 Å². The van der Waals surface area contributed by atoms with Crippen LogP contribution in [0, 0.1) is 0 Å². The van der Waals surface area contributed by atoms with Crippen molar-refractivity contribution in [1.82, 2.24) is 9.47 Å². The molecule has 0 saturated carbocycles. The van der Waals surface area contributed by atoms with Crippen LogP contribution in [-0.2, 0) is 17.8 Å². The topological polar surface area (TPSA) is 70.0 Å². The molecule has 0 aliphatic rings. The molecule has 4 rings (SSSR count). The van der Waals surface area contributed by atoms with Crippen LogP contribution in [0.15, 0.2) is 84.9 Å². The number of carbonyl (C=O) groups excluding carboxylic acids is 1. The molecule has 38 heavy (non-hydrogen) atoms. The van der Waals surface area contributed by atoms with Crippen LogP contribution >= 0.6 is 7.14 Å². The van der Waals surface area contributed by atoms with Gasteiger partial charge in [0, 0.05) is 19.8 Å². The first-order valence-electron chi connectivity index (χ1n) is 12.2. The van der Waals surface area contributed by atoms with Crippen LogP contribution in [0.4, 0.5) is 0 Å². The van der Waals surface area contributed by atoms with Crippen molar-refractivity contribution < 1.29 is 23.6 Å². The summed E-state index contributed by atoms with van der Waals surface area (Å²) in [5.74, 6) is 0.936. The Morgan fingerprint density at radius 1 is 0.789 bits per heavy atom. The van der Waals surface area contributed by atoms with Crippen molar-refractivity contribution in [2.45, 2.75) is 13.2 Å². The molecule has 0 radical (unpaired) electrons. The van der Waals surface area contributed by atoms with Crippen molar-refractivity contribution in [3.8, 4) is 22.9 Å². The Morgan fingerprint density at radius 2 is 1.29 bits per heavy atom. The molecule has 0 saturated heterocycles. The Bertz CT molecular complexity index is 1430. The molecule has 1 heterocycles. The van der Waals surface area contributed by atoms with E-state index in [1.807, 2.05) is 72.8 Å². The van der Waals surface area contributed by atoms with Crippen molar-refractivity contribution in [1.29, 1.82) is 0 Å². The number of rotatable bonds is 10. The molecule has 4 aromatic rings. The fourth-order valence-corrected chi connectivity index (χ4v) is 5.47. The molecule has 0 bridgehead atoms. The number of aromatic nitrogens is 1. The second-order valence-electron chi connectivity index (χ2n) is 9.46. The van der Waals surface area contributed by atoms with Gasteiger partial charge in [-0.25, -0.2) is 0 Å². The average molecular weight is 533 g/mol. The highest BCUT2D eigenvalue weighted by Gasteiger charge is 2.36. The van der Waals surface area contributed by atoms with Gasteiger partial charge in [-0.3, -0.25) is 9.36 Å². The molecule has 0 atom stereocenters. The molecular weight excluding hydrogens is 499 g/mol. The lowest BCUT2D eigenvalue weighted by molar-refractivity contribution is 0.0814. The summed E-state index contributed by atoms with van der Waals surface area (Å²) in [5, 5.41) is 0. The van der Waals surface area contributed by atoms with Gasteiger partial charge in [-0.05, 0) is 48.7 Å². The second kappa shape index (κ2) is 11.6. The van der Waals surface area contributed by atoms with Gasteiger partial charge < -0.3 is 23.7 Å². The van der Waals surface area contributed by atoms with Gasteiger partial charge in [0.05, 0.1) is 7.11 Å². The Morgan fingerprint density at radius 3 is 1.74 bits per heavy atom. The van der Waals surface area contributed by atoms with Gasteiger partial charge in [0.1, 0.15) is 31.5 Å². The fourth-order valence-electron chi connectivity index (χ4n) is 4.11. The lowest BCUT2D eigenvalue weighted by Gasteiger charge is -2.18. The zero-order chi connectivity index (χ0) is 27.3. The van der Waals surface area contributed by atoms with Crippen LogP contribution in [0.2, 0.25) is 0 Å². The highest BCUT2D eigenvalue weighted by atomic mass is 31.2. The summed E-state index contributed by atoms with van der Waals surface area (Å²) in [6.45, 7) is 3.77. The molecule has 0 N–H and O–H groups in total. The Kier molecular flexibility index (Phi) is 8.28. The standard InChI is InChI=1S/C30H33N2O5P/c1-31(2)29(33)26-27(36-20-22-12-8-6-9-13-22)28(37-21-23-14-10-7-11-15-23)30(38(4,5)34)32(26)24-16-18-25(35-3)19-17-24/h6-19H,20-21H2,1-5H3. The third kappa shape index (κ3) is 5.95. The van der Waals surface area contributed by atoms with Gasteiger partial charge in [-0.1, -0.05) is 60.7 Å². The molecule has 1 aromatic heterocycles. The summed E-state index contributed by atoms with van der Waals surface area (Å²) >= 11 is 0. The van der Waals surface area contributed by atoms with Crippen molar-refractivity contribution >= 4 is 18.5 Å². The van der Waals surface area contributed by atoms with E-state index in [-0.39, 0.29) is 30.6 Å². The predicted molar refractivity (Wildman–Crippen MR) is 151 cm³/mol. The number of carbonyl (C=O) groups is 1. The molecule has 0 aliphatic carbocycles. The number of amides is 1. The van der Waals surface area contributed by atoms with Crippen LogP contribution in [0.1, 0.15) is 21.6 Å². The van der Waals surface area contributed by atoms with Crippen molar-refractivity contribution in [3.63, 3.8) is 0 Å². The minimum absolute atomic E-state index is 0.208. The van der Waals surface area contributed by atoms with Crippen LogP contribution in [0.5, 0.6) is 17.2 Å². The Balaban J connectivity index is 1.96. The average Bonchev–Trinajstić information content (AvgIpc) is 3.26. The fraction of sp³-hybridized carbons (Fsp3) is 0.233. The van der Waals surface area contributed by atoms with E-state index < -0.39 is 7.14 Å². The van der Waals surface area contributed by atoms with Gasteiger partial charge in [0.15, 0.2) is 17.2 Å².